The number of nitrogens with zero attached hydrogens (tertiary/aromatic N) is 2. The van der Waals surface area contributed by atoms with E-state index in [1.807, 2.05) is 12.1 Å². The highest BCUT2D eigenvalue weighted by Crippen LogP contribution is 2.20. The molecule has 122 valence electrons. The van der Waals surface area contributed by atoms with Crippen LogP contribution >= 0.6 is 0 Å². The first kappa shape index (κ1) is 14.9. The van der Waals surface area contributed by atoms with Crippen LogP contribution in [-0.4, -0.2) is 28.5 Å². The van der Waals surface area contributed by atoms with Gasteiger partial charge >= 0.3 is 0 Å². The van der Waals surface area contributed by atoms with E-state index in [2.05, 4.69) is 39.1 Å². The highest BCUT2D eigenvalue weighted by Gasteiger charge is 2.17. The molecule has 0 atom stereocenters. The molecule has 0 amide bonds. The maximum absolute atomic E-state index is 12.3. The summed E-state index contributed by atoms with van der Waals surface area (Å²) in [6, 6.07) is 13.9. The van der Waals surface area contributed by atoms with Gasteiger partial charge in [0.2, 0.25) is 0 Å². The third-order valence-electron chi connectivity index (χ3n) is 4.54. The highest BCUT2D eigenvalue weighted by atomic mass is 16.5. The van der Waals surface area contributed by atoms with Gasteiger partial charge in [0.05, 0.1) is 24.6 Å². The molecule has 4 rings (SSSR count). The Morgan fingerprint density at radius 2 is 2.04 bits per heavy atom. The molecular weight excluding hydrogens is 302 g/mol. The number of hydrogen-bond donors (Lipinski definition) is 1. The van der Waals surface area contributed by atoms with Gasteiger partial charge in [0.1, 0.15) is 11.6 Å². The number of nitrogens with one attached hydrogen (secondary N) is 1. The van der Waals surface area contributed by atoms with Crippen molar-refractivity contribution < 1.29 is 4.74 Å². The molecule has 1 N–H and O–H groups in total. The molecule has 0 saturated heterocycles. The van der Waals surface area contributed by atoms with Crippen LogP contribution in [0, 0.1) is 0 Å². The third kappa shape index (κ3) is 2.78. The van der Waals surface area contributed by atoms with Gasteiger partial charge < -0.3 is 9.72 Å². The first-order valence-corrected chi connectivity index (χ1v) is 8.09. The van der Waals surface area contributed by atoms with E-state index in [9.17, 15) is 4.79 Å². The molecule has 5 heteroatoms. The van der Waals surface area contributed by atoms with Crippen molar-refractivity contribution in [3.05, 3.63) is 69.8 Å². The molecule has 1 aliphatic heterocycles. The second-order valence-electron chi connectivity index (χ2n) is 6.13. The molecule has 5 nitrogen and oxygen atoms in total. The summed E-state index contributed by atoms with van der Waals surface area (Å²) in [6.45, 7) is 2.51. The molecule has 0 aliphatic carbocycles. The zero-order valence-electron chi connectivity index (χ0n) is 13.6. The number of fused-ring (bicyclic) bond motifs is 2. The minimum Gasteiger partial charge on any atom is -0.497 e. The van der Waals surface area contributed by atoms with Gasteiger partial charge in [0.25, 0.3) is 5.56 Å². The molecule has 1 aliphatic rings. The molecule has 0 unspecified atom stereocenters. The lowest BCUT2D eigenvalue weighted by molar-refractivity contribution is 0.239. The van der Waals surface area contributed by atoms with Crippen LogP contribution in [0.4, 0.5) is 0 Å². The van der Waals surface area contributed by atoms with Crippen molar-refractivity contribution >= 4 is 10.9 Å². The Kier molecular flexibility index (Phi) is 3.78. The van der Waals surface area contributed by atoms with Gasteiger partial charge in [-0.05, 0) is 35.7 Å². The summed E-state index contributed by atoms with van der Waals surface area (Å²) in [6.07, 6.45) is 1.03. The first-order chi connectivity index (χ1) is 11.7. The summed E-state index contributed by atoms with van der Waals surface area (Å²) in [7, 11) is 1.59. The van der Waals surface area contributed by atoms with E-state index in [0.29, 0.717) is 29.0 Å². The summed E-state index contributed by atoms with van der Waals surface area (Å²) < 4.78 is 5.17. The molecule has 0 radical (unpaired) electrons. The predicted molar refractivity (Wildman–Crippen MR) is 93.2 cm³/mol. The van der Waals surface area contributed by atoms with Gasteiger partial charge in [-0.3, -0.25) is 9.69 Å². The van der Waals surface area contributed by atoms with Crippen LogP contribution in [0.5, 0.6) is 5.75 Å². The quantitative estimate of drug-likeness (QED) is 0.805. The molecule has 0 fully saturated rings. The number of aromatic amines is 1. The second-order valence-corrected chi connectivity index (χ2v) is 6.13. The lowest BCUT2D eigenvalue weighted by Crippen LogP contribution is -2.31. The van der Waals surface area contributed by atoms with E-state index in [1.54, 1.807) is 13.2 Å². The van der Waals surface area contributed by atoms with Crippen molar-refractivity contribution in [3.63, 3.8) is 0 Å². The Morgan fingerprint density at radius 1 is 1.21 bits per heavy atom. The van der Waals surface area contributed by atoms with Crippen LogP contribution in [0.3, 0.4) is 0 Å². The Balaban J connectivity index is 1.60. The van der Waals surface area contributed by atoms with Crippen molar-refractivity contribution in [2.24, 2.45) is 0 Å². The Labute approximate surface area is 139 Å². The fourth-order valence-corrected chi connectivity index (χ4v) is 3.27. The number of ether oxygens (including phenoxy) is 1. The Bertz CT molecular complexity index is 949. The Hall–Kier alpha value is -2.66. The molecule has 0 spiro atoms. The van der Waals surface area contributed by atoms with Crippen molar-refractivity contribution in [1.29, 1.82) is 0 Å². The number of hydrogen-bond acceptors (Lipinski definition) is 4. The minimum atomic E-state index is -0.119. The van der Waals surface area contributed by atoms with Gasteiger partial charge in [-0.15, -0.1) is 0 Å². The first-order valence-electron chi connectivity index (χ1n) is 8.09. The summed E-state index contributed by atoms with van der Waals surface area (Å²) in [5, 5.41) is 0.557. The largest absolute Gasteiger partial charge is 0.497 e. The number of H-pyrrole nitrogens is 1. The summed E-state index contributed by atoms with van der Waals surface area (Å²) in [5.74, 6) is 1.37. The molecule has 24 heavy (non-hydrogen) atoms. The standard InChI is InChI=1S/C19H19N3O2/c1-24-15-6-7-17-16(10-15)19(23)21-18(20-17)12-22-9-8-13-4-2-3-5-14(13)11-22/h2-7,10H,8-9,11-12H2,1H3,(H,20,21,23). The van der Waals surface area contributed by atoms with Crippen LogP contribution in [0.2, 0.25) is 0 Å². The van der Waals surface area contributed by atoms with Crippen LogP contribution < -0.4 is 10.3 Å². The van der Waals surface area contributed by atoms with Crippen LogP contribution in [-0.2, 0) is 19.5 Å². The SMILES string of the molecule is COc1ccc2nc(CN3CCc4ccccc4C3)[nH]c(=O)c2c1. The van der Waals surface area contributed by atoms with E-state index in [-0.39, 0.29) is 5.56 Å². The summed E-state index contributed by atoms with van der Waals surface area (Å²) in [5.41, 5.74) is 3.36. The predicted octanol–water partition coefficient (Wildman–Crippen LogP) is 2.49. The molecule has 2 heterocycles. The van der Waals surface area contributed by atoms with Gasteiger partial charge in [-0.2, -0.15) is 0 Å². The van der Waals surface area contributed by atoms with E-state index >= 15 is 0 Å². The lowest BCUT2D eigenvalue weighted by Gasteiger charge is -2.28. The monoisotopic (exact) mass is 321 g/mol. The van der Waals surface area contributed by atoms with Gasteiger partial charge in [0, 0.05) is 13.1 Å². The maximum atomic E-state index is 12.3. The molecule has 1 aromatic heterocycles. The average Bonchev–Trinajstić information content (AvgIpc) is 2.61. The third-order valence-corrected chi connectivity index (χ3v) is 4.54. The van der Waals surface area contributed by atoms with Crippen molar-refractivity contribution in [2.75, 3.05) is 13.7 Å². The van der Waals surface area contributed by atoms with E-state index in [4.69, 9.17) is 4.74 Å². The number of benzene rings is 2. The van der Waals surface area contributed by atoms with Gasteiger partial charge in [-0.25, -0.2) is 4.98 Å². The maximum Gasteiger partial charge on any atom is 0.258 e. The Morgan fingerprint density at radius 3 is 2.88 bits per heavy atom. The zero-order chi connectivity index (χ0) is 16.5. The smallest absolute Gasteiger partial charge is 0.258 e. The van der Waals surface area contributed by atoms with Crippen LogP contribution in [0.15, 0.2) is 47.3 Å². The number of methoxy groups -OCH3 is 1. The van der Waals surface area contributed by atoms with Gasteiger partial charge in [0.15, 0.2) is 0 Å². The summed E-state index contributed by atoms with van der Waals surface area (Å²) in [4.78, 5) is 22.2. The van der Waals surface area contributed by atoms with Crippen LogP contribution in [0.1, 0.15) is 17.0 Å². The normalized spacial score (nSPS) is 14.5. The molecule has 0 bridgehead atoms. The molecule has 3 aromatic rings. The van der Waals surface area contributed by atoms with Crippen molar-refractivity contribution in [2.45, 2.75) is 19.5 Å². The molecule has 0 saturated carbocycles. The molecular formula is C19H19N3O2. The molecule has 2 aromatic carbocycles. The van der Waals surface area contributed by atoms with Crippen molar-refractivity contribution in [1.82, 2.24) is 14.9 Å². The van der Waals surface area contributed by atoms with Gasteiger partial charge in [-0.1, -0.05) is 24.3 Å². The second kappa shape index (κ2) is 6.09. The minimum absolute atomic E-state index is 0.119. The van der Waals surface area contributed by atoms with Crippen molar-refractivity contribution in [3.8, 4) is 5.75 Å². The lowest BCUT2D eigenvalue weighted by atomic mass is 10.00. The summed E-state index contributed by atoms with van der Waals surface area (Å²) >= 11 is 0. The number of rotatable bonds is 3. The van der Waals surface area contributed by atoms with E-state index < -0.39 is 0 Å². The average molecular weight is 321 g/mol. The fraction of sp³-hybridized carbons (Fsp3) is 0.263. The van der Waals surface area contributed by atoms with E-state index in [1.165, 1.54) is 11.1 Å². The highest BCUT2D eigenvalue weighted by molar-refractivity contribution is 5.79. The zero-order valence-corrected chi connectivity index (χ0v) is 13.6. The topological polar surface area (TPSA) is 58.2 Å². The van der Waals surface area contributed by atoms with E-state index in [0.717, 1.165) is 19.5 Å². The van der Waals surface area contributed by atoms with Crippen LogP contribution in [0.25, 0.3) is 10.9 Å². The number of aromatic nitrogens is 2. The fourth-order valence-electron chi connectivity index (χ4n) is 3.27.